The Morgan fingerprint density at radius 3 is 1.16 bits per heavy atom. The Kier molecular flexibility index (Phi) is 15.7. The summed E-state index contributed by atoms with van der Waals surface area (Å²) in [6, 6.07) is 94.4. The number of nitrogens with zero attached hydrogens (tertiary/aromatic N) is 10. The molecule has 0 bridgehead atoms. The predicted octanol–water partition coefficient (Wildman–Crippen LogP) is 17.4. The van der Waals surface area contributed by atoms with Gasteiger partial charge in [0.1, 0.15) is 0 Å². The summed E-state index contributed by atoms with van der Waals surface area (Å²) in [7, 11) is 4.11. The van der Waals surface area contributed by atoms with E-state index >= 15 is 0 Å². The van der Waals surface area contributed by atoms with Gasteiger partial charge in [-0.2, -0.15) is 74.0 Å². The molecule has 0 unspecified atom stereocenters. The summed E-state index contributed by atoms with van der Waals surface area (Å²) in [6.07, 6.45) is 4.06. The van der Waals surface area contributed by atoms with Crippen LogP contribution in [0.5, 0.6) is 0 Å². The molecule has 6 aliphatic rings. The maximum absolute atomic E-state index is 4.93. The van der Waals surface area contributed by atoms with Crippen LogP contribution in [0.25, 0.3) is 66.1 Å². The van der Waals surface area contributed by atoms with E-state index in [4.69, 9.17) is 9.97 Å². The molecule has 20 rings (SSSR count). The number of fused-ring (bicyclic) bond motifs is 24. The molecule has 0 amide bonds. The van der Waals surface area contributed by atoms with Crippen LogP contribution in [-0.2, 0) is 40.2 Å². The first-order valence-electron chi connectivity index (χ1n) is 31.7. The Labute approximate surface area is 577 Å². The Morgan fingerprint density at radius 2 is 0.745 bits per heavy atom. The van der Waals surface area contributed by atoms with Gasteiger partial charge in [0.15, 0.2) is 0 Å². The third-order valence-electron chi connectivity index (χ3n) is 18.9. The first kappa shape index (κ1) is 60.6. The molecule has 0 N–H and O–H groups in total. The van der Waals surface area contributed by atoms with E-state index in [0.717, 1.165) is 33.9 Å². The first-order chi connectivity index (χ1) is 45.2. The molecule has 10 heterocycles. The largest absolute Gasteiger partial charge is 3.00 e. The summed E-state index contributed by atoms with van der Waals surface area (Å²) in [5, 5.41) is 5.26. The smallest absolute Gasteiger partial charge is 0.504 e. The van der Waals surface area contributed by atoms with E-state index < -0.39 is 0 Å². The Morgan fingerprint density at radius 1 is 0.372 bits per heavy atom. The fourth-order valence-electron chi connectivity index (χ4n) is 14.6. The normalized spacial score (nSPS) is 13.6. The van der Waals surface area contributed by atoms with Crippen LogP contribution in [0, 0.1) is 37.6 Å². The van der Waals surface area contributed by atoms with Crippen molar-refractivity contribution in [2.75, 3.05) is 43.3 Å². The third-order valence-corrected chi connectivity index (χ3v) is 18.9. The number of anilines is 10. The number of aromatic nitrogens is 4. The Balaban J connectivity index is 0.000000107. The minimum atomic E-state index is 0. The monoisotopic (exact) mass is 1570 g/mol. The molecule has 0 saturated carbocycles. The molecular weight excluding hydrogens is 1510 g/mol. The van der Waals surface area contributed by atoms with Crippen LogP contribution in [-0.4, -0.2) is 47.0 Å². The van der Waals surface area contributed by atoms with E-state index in [9.17, 15) is 0 Å². The Hall–Kier alpha value is -9.67. The van der Waals surface area contributed by atoms with Gasteiger partial charge >= 0.3 is 54.2 Å². The molecule has 14 aromatic rings. The molecule has 456 valence electrons. The van der Waals surface area contributed by atoms with Crippen LogP contribution in [0.15, 0.2) is 243 Å². The molecule has 14 heteroatoms. The van der Waals surface area contributed by atoms with Gasteiger partial charge < -0.3 is 48.1 Å². The van der Waals surface area contributed by atoms with Gasteiger partial charge in [-0.15, -0.1) is 82.0 Å². The quantitative estimate of drug-likeness (QED) is 0.128. The summed E-state index contributed by atoms with van der Waals surface area (Å²) in [5.74, 6) is 0.862. The van der Waals surface area contributed by atoms with Crippen LogP contribution in [0.2, 0.25) is 0 Å². The molecule has 4 aromatic heterocycles. The Bertz CT molecular complexity index is 4890. The second-order valence-electron chi connectivity index (χ2n) is 24.9. The van der Waals surface area contributed by atoms with Crippen molar-refractivity contribution in [2.45, 2.75) is 39.5 Å². The fraction of sp³-hybridized carbons (Fsp3) is 0.100. The number of rotatable bonds is 4. The van der Waals surface area contributed by atoms with Gasteiger partial charge in [-0.25, -0.2) is 0 Å². The standard InChI is InChI=1S/2C26H19BN3.2C14H12N2.2Ir/c2*1-16(2)17-14-24-25(28-15-17)20-9-3-5-11-21(20)27-29(24)23-13-7-10-19-18-8-4-6-12-22(18)30(27)26(19)23;2*1-15-11-16(12-7-3-2-4-8-12)14-10-6-5-9-13(14)15;;/h2*3-8,10-16H,1-2H3;2*2-7,9-11H,1H3;;/q2*-1;2*-2;2*+3. The molecule has 0 saturated heterocycles. The average molecular weight is 1570 g/mol. The van der Waals surface area contributed by atoms with Crippen molar-refractivity contribution >= 4 is 125 Å². The third kappa shape index (κ3) is 9.59. The number of para-hydroxylation sites is 10. The number of pyridine rings is 2. The van der Waals surface area contributed by atoms with Gasteiger partial charge in [0.25, 0.3) is 0 Å². The van der Waals surface area contributed by atoms with Gasteiger partial charge in [-0.3, -0.25) is 0 Å². The summed E-state index contributed by atoms with van der Waals surface area (Å²) < 4.78 is 5.02. The van der Waals surface area contributed by atoms with Crippen LogP contribution in [0.4, 0.5) is 56.9 Å². The summed E-state index contributed by atoms with van der Waals surface area (Å²) in [4.78, 5) is 23.4. The van der Waals surface area contributed by atoms with E-state index in [2.05, 4.69) is 300 Å². The topological polar surface area (TPSA) is 55.1 Å². The van der Waals surface area contributed by atoms with Crippen molar-refractivity contribution in [3.63, 3.8) is 0 Å². The summed E-state index contributed by atoms with van der Waals surface area (Å²) in [5.41, 5.74) is 26.4. The molecule has 0 fully saturated rings. The fourth-order valence-corrected chi connectivity index (χ4v) is 14.6. The van der Waals surface area contributed by atoms with E-state index in [1.165, 1.54) is 111 Å². The zero-order chi connectivity index (χ0) is 61.9. The molecule has 0 radical (unpaired) electrons. The van der Waals surface area contributed by atoms with Gasteiger partial charge in [0, 0.05) is 90.5 Å². The minimum Gasteiger partial charge on any atom is -0.504 e. The molecular formula is C80H62B2Ir2N10. The van der Waals surface area contributed by atoms with Crippen molar-refractivity contribution in [1.82, 2.24) is 18.9 Å². The SMILES string of the molecule is CC(C)c1cnc2c(c1)N1B(c3ccc[c-]c3-2)n2c3ccccc3c3cccc1c32.CC(C)c1cnc2c(c1)N1B(c3ccc[c-]c3-2)n2c3ccccc3c3cccc1c32.CN1[CH-]N(c2[c-]cccc2)c2ccccc21.CN1[CH-]N(c2[c-]cccc2)c2ccccc21.[Ir+3].[Ir+3]. The van der Waals surface area contributed by atoms with Crippen LogP contribution >= 0.6 is 0 Å². The molecule has 94 heavy (non-hydrogen) atoms. The zero-order valence-electron chi connectivity index (χ0n) is 52.7. The zero-order valence-corrected chi connectivity index (χ0v) is 57.5. The maximum Gasteiger partial charge on any atom is 3.00 e. The summed E-state index contributed by atoms with van der Waals surface area (Å²) >= 11 is 0. The maximum atomic E-state index is 4.93. The second-order valence-corrected chi connectivity index (χ2v) is 24.9. The van der Waals surface area contributed by atoms with Crippen LogP contribution in [0.1, 0.15) is 50.7 Å². The van der Waals surface area contributed by atoms with Crippen molar-refractivity contribution in [2.24, 2.45) is 0 Å². The van der Waals surface area contributed by atoms with Gasteiger partial charge in [0.05, 0.1) is 22.4 Å². The molecule has 0 atom stereocenters. The van der Waals surface area contributed by atoms with Crippen molar-refractivity contribution in [3.8, 4) is 22.5 Å². The molecule has 0 aliphatic carbocycles. The number of hydrogen-bond acceptors (Lipinski definition) is 8. The van der Waals surface area contributed by atoms with Crippen molar-refractivity contribution in [3.05, 3.63) is 292 Å². The number of benzene rings is 10. The average Bonchev–Trinajstić information content (AvgIpc) is 1.52. The minimum absolute atomic E-state index is 0. The summed E-state index contributed by atoms with van der Waals surface area (Å²) in [6.45, 7) is 13.2. The van der Waals surface area contributed by atoms with Gasteiger partial charge in [0.2, 0.25) is 0 Å². The van der Waals surface area contributed by atoms with E-state index in [-0.39, 0.29) is 54.2 Å². The number of hydrogen-bond donors (Lipinski definition) is 0. The molecule has 10 nitrogen and oxygen atoms in total. The molecule has 0 spiro atoms. The van der Waals surface area contributed by atoms with E-state index in [1.807, 2.05) is 60.9 Å². The first-order valence-corrected chi connectivity index (χ1v) is 31.7. The second kappa shape index (κ2) is 24.3. The van der Waals surface area contributed by atoms with Crippen LogP contribution in [0.3, 0.4) is 0 Å². The van der Waals surface area contributed by atoms with Gasteiger partial charge in [-0.05, 0) is 97.7 Å². The van der Waals surface area contributed by atoms with Gasteiger partial charge in [-0.1, -0.05) is 113 Å². The van der Waals surface area contributed by atoms with Crippen molar-refractivity contribution in [1.29, 1.82) is 0 Å². The van der Waals surface area contributed by atoms with E-state index in [1.54, 1.807) is 0 Å². The van der Waals surface area contributed by atoms with Crippen molar-refractivity contribution < 1.29 is 40.2 Å². The molecule has 6 aliphatic heterocycles. The predicted molar refractivity (Wildman–Crippen MR) is 383 cm³/mol. The van der Waals surface area contributed by atoms with Crippen LogP contribution < -0.4 is 40.1 Å². The molecule has 10 aromatic carbocycles. The van der Waals surface area contributed by atoms with E-state index in [0.29, 0.717) is 11.8 Å².